The molecule has 0 unspecified atom stereocenters. The SMILES string of the molecule is O=C(c1ccc2n[nH]nc2c1)N(CCCO)C1CCC1. The molecule has 2 N–H and O–H groups in total. The fourth-order valence-electron chi connectivity index (χ4n) is 2.53. The maximum atomic E-state index is 12.6. The molecule has 0 aliphatic heterocycles. The van der Waals surface area contributed by atoms with Crippen LogP contribution in [0.1, 0.15) is 36.0 Å². The number of rotatable bonds is 5. The van der Waals surface area contributed by atoms with Gasteiger partial charge in [0.15, 0.2) is 0 Å². The zero-order valence-corrected chi connectivity index (χ0v) is 11.2. The van der Waals surface area contributed by atoms with Gasteiger partial charge in [-0.2, -0.15) is 15.4 Å². The van der Waals surface area contributed by atoms with Crippen LogP contribution in [-0.4, -0.2) is 50.5 Å². The van der Waals surface area contributed by atoms with Crippen molar-refractivity contribution in [3.8, 4) is 0 Å². The molecule has 1 aromatic carbocycles. The molecule has 1 fully saturated rings. The number of fused-ring (bicyclic) bond motifs is 1. The summed E-state index contributed by atoms with van der Waals surface area (Å²) in [5.41, 5.74) is 2.09. The lowest BCUT2D eigenvalue weighted by molar-refractivity contribution is 0.0562. The molecule has 0 spiro atoms. The quantitative estimate of drug-likeness (QED) is 0.862. The van der Waals surface area contributed by atoms with Crippen molar-refractivity contribution in [3.05, 3.63) is 23.8 Å². The normalized spacial score (nSPS) is 15.2. The van der Waals surface area contributed by atoms with Crippen LogP contribution in [0.2, 0.25) is 0 Å². The number of hydrogen-bond acceptors (Lipinski definition) is 4. The first-order valence-corrected chi connectivity index (χ1v) is 7.02. The van der Waals surface area contributed by atoms with Crippen molar-refractivity contribution in [2.75, 3.05) is 13.2 Å². The zero-order chi connectivity index (χ0) is 13.9. The topological polar surface area (TPSA) is 82.1 Å². The largest absolute Gasteiger partial charge is 0.396 e. The van der Waals surface area contributed by atoms with E-state index < -0.39 is 0 Å². The average Bonchev–Trinajstić information content (AvgIpc) is 2.87. The third kappa shape index (κ3) is 2.38. The van der Waals surface area contributed by atoms with Gasteiger partial charge in [-0.05, 0) is 43.9 Å². The Balaban J connectivity index is 1.83. The molecule has 2 aromatic rings. The molecule has 1 aliphatic rings. The number of aromatic amines is 1. The van der Waals surface area contributed by atoms with Crippen LogP contribution in [0.25, 0.3) is 11.0 Å². The molecule has 6 heteroatoms. The van der Waals surface area contributed by atoms with Gasteiger partial charge in [-0.15, -0.1) is 0 Å². The first-order valence-electron chi connectivity index (χ1n) is 7.02. The second-order valence-electron chi connectivity index (χ2n) is 5.19. The number of carbonyl (C=O) groups excluding carboxylic acids is 1. The van der Waals surface area contributed by atoms with E-state index in [1.54, 1.807) is 18.2 Å². The van der Waals surface area contributed by atoms with Crippen molar-refractivity contribution in [1.82, 2.24) is 20.3 Å². The van der Waals surface area contributed by atoms with Gasteiger partial charge in [0.1, 0.15) is 11.0 Å². The maximum absolute atomic E-state index is 12.6. The summed E-state index contributed by atoms with van der Waals surface area (Å²) in [6.45, 7) is 0.718. The molecule has 1 saturated carbocycles. The number of carbonyl (C=O) groups is 1. The van der Waals surface area contributed by atoms with E-state index in [-0.39, 0.29) is 12.5 Å². The Morgan fingerprint density at radius 3 is 2.85 bits per heavy atom. The van der Waals surface area contributed by atoms with Crippen LogP contribution in [-0.2, 0) is 0 Å². The Bertz CT molecular complexity index is 606. The van der Waals surface area contributed by atoms with Crippen molar-refractivity contribution in [1.29, 1.82) is 0 Å². The average molecular weight is 274 g/mol. The van der Waals surface area contributed by atoms with Crippen molar-refractivity contribution in [3.63, 3.8) is 0 Å². The number of aliphatic hydroxyl groups excluding tert-OH is 1. The van der Waals surface area contributed by atoms with Gasteiger partial charge in [-0.3, -0.25) is 4.79 Å². The van der Waals surface area contributed by atoms with Crippen LogP contribution >= 0.6 is 0 Å². The summed E-state index contributed by atoms with van der Waals surface area (Å²) >= 11 is 0. The second-order valence-corrected chi connectivity index (χ2v) is 5.19. The molecular weight excluding hydrogens is 256 g/mol. The highest BCUT2D eigenvalue weighted by Gasteiger charge is 2.29. The summed E-state index contributed by atoms with van der Waals surface area (Å²) in [5.74, 6) is 0.0213. The number of hydrogen-bond donors (Lipinski definition) is 2. The van der Waals surface area contributed by atoms with Crippen molar-refractivity contribution in [2.45, 2.75) is 31.7 Å². The first-order chi connectivity index (χ1) is 9.79. The standard InChI is InChI=1S/C14H18N4O2/c19-8-2-7-18(11-3-1-4-11)14(20)10-5-6-12-13(9-10)16-17-15-12/h5-6,9,11,19H,1-4,7-8H2,(H,15,16,17). The third-order valence-electron chi connectivity index (χ3n) is 3.90. The van der Waals surface area contributed by atoms with E-state index in [9.17, 15) is 4.79 Å². The van der Waals surface area contributed by atoms with Gasteiger partial charge in [-0.25, -0.2) is 0 Å². The molecule has 20 heavy (non-hydrogen) atoms. The van der Waals surface area contributed by atoms with Gasteiger partial charge in [0.05, 0.1) is 0 Å². The Labute approximate surface area is 116 Å². The summed E-state index contributed by atoms with van der Waals surface area (Å²) in [6.07, 6.45) is 3.91. The number of nitrogens with zero attached hydrogens (tertiary/aromatic N) is 3. The van der Waals surface area contributed by atoms with Gasteiger partial charge < -0.3 is 10.0 Å². The van der Waals surface area contributed by atoms with Crippen molar-refractivity contribution in [2.24, 2.45) is 0 Å². The van der Waals surface area contributed by atoms with Gasteiger partial charge in [0.25, 0.3) is 5.91 Å². The van der Waals surface area contributed by atoms with E-state index in [0.29, 0.717) is 30.1 Å². The zero-order valence-electron chi connectivity index (χ0n) is 11.2. The molecule has 0 atom stereocenters. The maximum Gasteiger partial charge on any atom is 0.254 e. The predicted octanol–water partition coefficient (Wildman–Crippen LogP) is 1.33. The Hall–Kier alpha value is -1.95. The van der Waals surface area contributed by atoms with E-state index in [4.69, 9.17) is 5.11 Å². The molecule has 0 bridgehead atoms. The molecule has 3 rings (SSSR count). The third-order valence-corrected chi connectivity index (χ3v) is 3.90. The van der Waals surface area contributed by atoms with E-state index in [1.807, 2.05) is 4.90 Å². The molecule has 1 aromatic heterocycles. The van der Waals surface area contributed by atoms with Crippen molar-refractivity contribution >= 4 is 16.9 Å². The minimum Gasteiger partial charge on any atom is -0.396 e. The Morgan fingerprint density at radius 1 is 1.35 bits per heavy atom. The highest BCUT2D eigenvalue weighted by molar-refractivity contribution is 5.97. The molecule has 1 amide bonds. The smallest absolute Gasteiger partial charge is 0.254 e. The lowest BCUT2D eigenvalue weighted by Crippen LogP contribution is -2.44. The lowest BCUT2D eigenvalue weighted by atomic mass is 9.90. The Kier molecular flexibility index (Phi) is 3.64. The summed E-state index contributed by atoms with van der Waals surface area (Å²) < 4.78 is 0. The molecule has 1 aliphatic carbocycles. The summed E-state index contributed by atoms with van der Waals surface area (Å²) in [6, 6.07) is 5.68. The second kappa shape index (κ2) is 5.58. The van der Waals surface area contributed by atoms with E-state index in [0.717, 1.165) is 18.4 Å². The number of aliphatic hydroxyl groups is 1. The monoisotopic (exact) mass is 274 g/mol. The van der Waals surface area contributed by atoms with Crippen LogP contribution < -0.4 is 0 Å². The van der Waals surface area contributed by atoms with Crippen LogP contribution in [0.3, 0.4) is 0 Å². The van der Waals surface area contributed by atoms with Crippen LogP contribution in [0.15, 0.2) is 18.2 Å². The number of aromatic nitrogens is 3. The lowest BCUT2D eigenvalue weighted by Gasteiger charge is -2.37. The fraction of sp³-hybridized carbons (Fsp3) is 0.500. The predicted molar refractivity (Wildman–Crippen MR) is 74.3 cm³/mol. The molecule has 0 saturated heterocycles. The highest BCUT2D eigenvalue weighted by atomic mass is 16.3. The van der Waals surface area contributed by atoms with E-state index in [2.05, 4.69) is 15.4 Å². The van der Waals surface area contributed by atoms with Crippen molar-refractivity contribution < 1.29 is 9.90 Å². The van der Waals surface area contributed by atoms with Crippen LogP contribution in [0.5, 0.6) is 0 Å². The molecule has 1 heterocycles. The van der Waals surface area contributed by atoms with Crippen LogP contribution in [0.4, 0.5) is 0 Å². The number of benzene rings is 1. The Morgan fingerprint density at radius 2 is 2.15 bits per heavy atom. The number of amides is 1. The fourth-order valence-corrected chi connectivity index (χ4v) is 2.53. The summed E-state index contributed by atoms with van der Waals surface area (Å²) in [7, 11) is 0. The minimum absolute atomic E-state index is 0.0213. The van der Waals surface area contributed by atoms with E-state index >= 15 is 0 Å². The molecular formula is C14H18N4O2. The first kappa shape index (κ1) is 13.1. The van der Waals surface area contributed by atoms with Crippen LogP contribution in [0, 0.1) is 0 Å². The van der Waals surface area contributed by atoms with Gasteiger partial charge in [-0.1, -0.05) is 0 Å². The van der Waals surface area contributed by atoms with Gasteiger partial charge in [0.2, 0.25) is 0 Å². The highest BCUT2D eigenvalue weighted by Crippen LogP contribution is 2.26. The molecule has 6 nitrogen and oxygen atoms in total. The van der Waals surface area contributed by atoms with E-state index in [1.165, 1.54) is 6.42 Å². The van der Waals surface area contributed by atoms with Gasteiger partial charge >= 0.3 is 0 Å². The molecule has 0 radical (unpaired) electrons. The minimum atomic E-state index is 0.0213. The summed E-state index contributed by atoms with van der Waals surface area (Å²) in [4.78, 5) is 14.5. The molecule has 106 valence electrons. The van der Waals surface area contributed by atoms with Gasteiger partial charge in [0, 0.05) is 24.8 Å². The number of H-pyrrole nitrogens is 1. The number of nitrogens with one attached hydrogen (secondary N) is 1. The summed E-state index contributed by atoms with van der Waals surface area (Å²) in [5, 5.41) is 19.5.